The van der Waals surface area contributed by atoms with E-state index in [1.54, 1.807) is 16.7 Å². The molecule has 0 radical (unpaired) electrons. The number of benzene rings is 2. The molecule has 0 unspecified atom stereocenters. The number of halogens is 2. The Balaban J connectivity index is 1.59. The van der Waals surface area contributed by atoms with E-state index in [4.69, 9.17) is 23.2 Å². The second-order valence-electron chi connectivity index (χ2n) is 6.75. The number of amides is 2. The zero-order chi connectivity index (χ0) is 24.7. The maximum absolute atomic E-state index is 12.4. The van der Waals surface area contributed by atoms with Crippen molar-refractivity contribution < 1.29 is 14.5 Å². The van der Waals surface area contributed by atoms with Crippen LogP contribution in [0, 0.1) is 10.1 Å². The van der Waals surface area contributed by atoms with Gasteiger partial charge in [0.15, 0.2) is 11.0 Å². The van der Waals surface area contributed by atoms with Gasteiger partial charge in [-0.1, -0.05) is 41.0 Å². The molecule has 0 fully saturated rings. The van der Waals surface area contributed by atoms with Crippen molar-refractivity contribution in [1.29, 1.82) is 0 Å². The van der Waals surface area contributed by atoms with Crippen LogP contribution in [0.2, 0.25) is 10.0 Å². The Labute approximate surface area is 208 Å². The largest absolute Gasteiger partial charge is 0.345 e. The second kappa shape index (κ2) is 11.6. The van der Waals surface area contributed by atoms with Crippen LogP contribution in [0.1, 0.15) is 16.2 Å². The Morgan fingerprint density at radius 3 is 2.53 bits per heavy atom. The number of hydrogen-bond donors (Lipinski definition) is 2. The number of thioether (sulfide) groups is 1. The van der Waals surface area contributed by atoms with Crippen LogP contribution in [0.5, 0.6) is 0 Å². The van der Waals surface area contributed by atoms with Gasteiger partial charge < -0.3 is 15.2 Å². The molecule has 2 N–H and O–H groups in total. The minimum absolute atomic E-state index is 0.0297. The van der Waals surface area contributed by atoms with Crippen molar-refractivity contribution in [1.82, 2.24) is 20.1 Å². The van der Waals surface area contributed by atoms with Gasteiger partial charge in [-0.25, -0.2) is 0 Å². The molecule has 1 aromatic heterocycles. The summed E-state index contributed by atoms with van der Waals surface area (Å²) in [5.74, 6) is -0.168. The quantitative estimate of drug-likeness (QED) is 0.176. The van der Waals surface area contributed by atoms with Gasteiger partial charge in [-0.3, -0.25) is 19.7 Å². The number of nitro benzene ring substituents is 1. The minimum atomic E-state index is -0.515. The molecular formula is C21H18Cl2N6O4S. The van der Waals surface area contributed by atoms with E-state index in [1.165, 1.54) is 36.4 Å². The number of allylic oxidation sites excluding steroid dienone is 1. The average Bonchev–Trinajstić information content (AvgIpc) is 3.20. The van der Waals surface area contributed by atoms with Crippen molar-refractivity contribution in [3.63, 3.8) is 0 Å². The first kappa shape index (κ1) is 25.2. The number of nitro groups is 1. The summed E-state index contributed by atoms with van der Waals surface area (Å²) in [6, 6.07) is 10.1. The molecule has 13 heteroatoms. The second-order valence-corrected chi connectivity index (χ2v) is 8.51. The van der Waals surface area contributed by atoms with Gasteiger partial charge in [0.2, 0.25) is 5.91 Å². The van der Waals surface area contributed by atoms with Gasteiger partial charge in [0.25, 0.3) is 11.6 Å². The average molecular weight is 521 g/mol. The third-order valence-electron chi connectivity index (χ3n) is 4.39. The molecule has 2 aromatic carbocycles. The molecule has 0 atom stereocenters. The molecule has 3 rings (SSSR count). The smallest absolute Gasteiger partial charge is 0.269 e. The van der Waals surface area contributed by atoms with Gasteiger partial charge in [-0.15, -0.1) is 16.8 Å². The number of anilines is 1. The minimum Gasteiger partial charge on any atom is -0.345 e. The van der Waals surface area contributed by atoms with Crippen molar-refractivity contribution in [2.75, 3.05) is 11.1 Å². The highest BCUT2D eigenvalue weighted by molar-refractivity contribution is 7.99. The Bertz CT molecular complexity index is 1230. The van der Waals surface area contributed by atoms with Crippen LogP contribution >= 0.6 is 35.0 Å². The number of carbonyl (C=O) groups excluding carboxylic acids is 2. The standard InChI is InChI=1S/C21H18Cl2N6O4S/c1-2-9-28-18(11-24-20(31)13-3-8-16(22)17(23)10-13)26-27-21(28)34-12-19(30)25-14-4-6-15(7-5-14)29(32)33/h2-8,10H,1,9,11-12H2,(H,24,31)(H,25,30). The van der Waals surface area contributed by atoms with Crippen LogP contribution in [-0.2, 0) is 17.9 Å². The molecule has 34 heavy (non-hydrogen) atoms. The number of non-ortho nitro benzene ring substituents is 1. The molecule has 10 nitrogen and oxygen atoms in total. The van der Waals surface area contributed by atoms with Gasteiger partial charge in [-0.05, 0) is 30.3 Å². The summed E-state index contributed by atoms with van der Waals surface area (Å²) in [5.41, 5.74) is 0.722. The lowest BCUT2D eigenvalue weighted by Gasteiger charge is -2.09. The lowest BCUT2D eigenvalue weighted by atomic mass is 10.2. The Kier molecular flexibility index (Phi) is 8.63. The number of nitrogens with zero attached hydrogens (tertiary/aromatic N) is 4. The van der Waals surface area contributed by atoms with Gasteiger partial charge in [0, 0.05) is 29.9 Å². The fourth-order valence-electron chi connectivity index (χ4n) is 2.76. The van der Waals surface area contributed by atoms with Gasteiger partial charge in [-0.2, -0.15) is 0 Å². The molecule has 176 valence electrons. The van der Waals surface area contributed by atoms with Gasteiger partial charge in [0.05, 0.1) is 27.3 Å². The van der Waals surface area contributed by atoms with Crippen LogP contribution in [0.15, 0.2) is 60.3 Å². The molecule has 0 aliphatic rings. The zero-order valence-electron chi connectivity index (χ0n) is 17.5. The molecule has 3 aromatic rings. The van der Waals surface area contributed by atoms with E-state index in [1.807, 2.05) is 0 Å². The fourth-order valence-corrected chi connectivity index (χ4v) is 3.83. The normalized spacial score (nSPS) is 10.5. The van der Waals surface area contributed by atoms with Gasteiger partial charge >= 0.3 is 0 Å². The molecule has 0 saturated carbocycles. The van der Waals surface area contributed by atoms with Gasteiger partial charge in [0.1, 0.15) is 0 Å². The fraction of sp³-hybridized carbons (Fsp3) is 0.143. The van der Waals surface area contributed by atoms with Crippen molar-refractivity contribution >= 4 is 58.2 Å². The summed E-state index contributed by atoms with van der Waals surface area (Å²) >= 11 is 13.0. The molecule has 0 bridgehead atoms. The summed E-state index contributed by atoms with van der Waals surface area (Å²) in [4.78, 5) is 34.9. The lowest BCUT2D eigenvalue weighted by Crippen LogP contribution is -2.25. The zero-order valence-corrected chi connectivity index (χ0v) is 19.9. The molecule has 0 aliphatic carbocycles. The van der Waals surface area contributed by atoms with E-state index >= 15 is 0 Å². The molecular weight excluding hydrogens is 503 g/mol. The highest BCUT2D eigenvalue weighted by Crippen LogP contribution is 2.23. The van der Waals surface area contributed by atoms with E-state index in [9.17, 15) is 19.7 Å². The number of hydrogen-bond acceptors (Lipinski definition) is 7. The third-order valence-corrected chi connectivity index (χ3v) is 6.09. The SMILES string of the molecule is C=CCn1c(CNC(=O)c2ccc(Cl)c(Cl)c2)nnc1SCC(=O)Nc1ccc([N+](=O)[O-])cc1. The van der Waals surface area contributed by atoms with Crippen LogP contribution in [0.3, 0.4) is 0 Å². The lowest BCUT2D eigenvalue weighted by molar-refractivity contribution is -0.384. The number of carbonyl (C=O) groups is 2. The molecule has 0 spiro atoms. The predicted molar refractivity (Wildman–Crippen MR) is 130 cm³/mol. The predicted octanol–water partition coefficient (Wildman–Crippen LogP) is 4.34. The molecule has 1 heterocycles. The van der Waals surface area contributed by atoms with E-state index in [0.717, 1.165) is 11.8 Å². The monoisotopic (exact) mass is 520 g/mol. The summed E-state index contributed by atoms with van der Waals surface area (Å²) in [5, 5.41) is 25.4. The Morgan fingerprint density at radius 2 is 1.88 bits per heavy atom. The Hall–Kier alpha value is -3.41. The first-order chi connectivity index (χ1) is 16.3. The van der Waals surface area contributed by atoms with Crippen LogP contribution in [-0.4, -0.2) is 37.3 Å². The van der Waals surface area contributed by atoms with Crippen LogP contribution in [0.4, 0.5) is 11.4 Å². The van der Waals surface area contributed by atoms with Crippen molar-refractivity contribution in [2.24, 2.45) is 0 Å². The van der Waals surface area contributed by atoms with Crippen molar-refractivity contribution in [3.8, 4) is 0 Å². The van der Waals surface area contributed by atoms with Crippen molar-refractivity contribution in [2.45, 2.75) is 18.2 Å². The first-order valence-electron chi connectivity index (χ1n) is 9.71. The number of rotatable bonds is 10. The highest BCUT2D eigenvalue weighted by Gasteiger charge is 2.16. The van der Waals surface area contributed by atoms with E-state index in [0.29, 0.717) is 33.8 Å². The molecule has 2 amide bonds. The first-order valence-corrected chi connectivity index (χ1v) is 11.5. The molecule has 0 aliphatic heterocycles. The third kappa shape index (κ3) is 6.56. The number of aromatic nitrogens is 3. The summed E-state index contributed by atoms with van der Waals surface area (Å²) in [6.45, 7) is 4.19. The van der Waals surface area contributed by atoms with Crippen LogP contribution < -0.4 is 10.6 Å². The summed E-state index contributed by atoms with van der Waals surface area (Å²) < 4.78 is 1.73. The van der Waals surface area contributed by atoms with Crippen LogP contribution in [0.25, 0.3) is 0 Å². The van der Waals surface area contributed by atoms with Crippen molar-refractivity contribution in [3.05, 3.63) is 86.7 Å². The summed E-state index contributed by atoms with van der Waals surface area (Å²) in [6.07, 6.45) is 1.65. The molecule has 0 saturated heterocycles. The summed E-state index contributed by atoms with van der Waals surface area (Å²) in [7, 11) is 0. The topological polar surface area (TPSA) is 132 Å². The Morgan fingerprint density at radius 1 is 1.15 bits per heavy atom. The maximum atomic E-state index is 12.4. The van der Waals surface area contributed by atoms with E-state index in [-0.39, 0.29) is 34.8 Å². The highest BCUT2D eigenvalue weighted by atomic mass is 35.5. The maximum Gasteiger partial charge on any atom is 0.269 e. The van der Waals surface area contributed by atoms with E-state index in [2.05, 4.69) is 27.4 Å². The number of nitrogens with one attached hydrogen (secondary N) is 2. The van der Waals surface area contributed by atoms with E-state index < -0.39 is 4.92 Å².